The van der Waals surface area contributed by atoms with Crippen LogP contribution < -0.4 is 5.32 Å². The molecule has 0 aliphatic carbocycles. The maximum atomic E-state index is 12.5. The summed E-state index contributed by atoms with van der Waals surface area (Å²) in [6, 6.07) is -0.549. The van der Waals surface area contributed by atoms with Gasteiger partial charge in [0.2, 0.25) is 5.91 Å². The molecule has 1 amide bonds. The minimum Gasteiger partial charge on any atom is -0.466 e. The fourth-order valence-corrected chi connectivity index (χ4v) is 10.6. The number of aliphatic hydroxyl groups excluding tert-OH is 2. The predicted octanol–water partition coefficient (Wildman–Crippen LogP) is 21.4. The zero-order chi connectivity index (χ0) is 53.6. The van der Waals surface area contributed by atoms with Gasteiger partial charge in [-0.2, -0.15) is 0 Å². The van der Waals surface area contributed by atoms with Crippen molar-refractivity contribution in [2.45, 2.75) is 386 Å². The van der Waals surface area contributed by atoms with Crippen molar-refractivity contribution in [2.24, 2.45) is 0 Å². The highest BCUT2D eigenvalue weighted by Crippen LogP contribution is 2.18. The van der Waals surface area contributed by atoms with Gasteiger partial charge in [-0.05, 0) is 77.0 Å². The van der Waals surface area contributed by atoms with E-state index in [4.69, 9.17) is 4.74 Å². The van der Waals surface area contributed by atoms with Crippen molar-refractivity contribution in [1.82, 2.24) is 5.32 Å². The van der Waals surface area contributed by atoms with Gasteiger partial charge in [-0.3, -0.25) is 9.59 Å². The van der Waals surface area contributed by atoms with Crippen LogP contribution in [0.5, 0.6) is 0 Å². The molecule has 74 heavy (non-hydrogen) atoms. The summed E-state index contributed by atoms with van der Waals surface area (Å²) in [6.45, 7) is 4.95. The summed E-state index contributed by atoms with van der Waals surface area (Å²) in [6.07, 6.45) is 79.2. The lowest BCUT2D eigenvalue weighted by Gasteiger charge is -2.22. The molecule has 6 heteroatoms. The third-order valence-corrected chi connectivity index (χ3v) is 15.7. The van der Waals surface area contributed by atoms with Gasteiger partial charge in [-0.25, -0.2) is 0 Å². The number of esters is 1. The number of carbonyl (C=O) groups excluding carboxylic acids is 2. The van der Waals surface area contributed by atoms with Crippen LogP contribution in [0.15, 0.2) is 24.3 Å². The van der Waals surface area contributed by atoms with Crippen molar-refractivity contribution in [1.29, 1.82) is 0 Å². The normalized spacial score (nSPS) is 12.6. The summed E-state index contributed by atoms with van der Waals surface area (Å²) in [7, 11) is 0. The molecule has 0 heterocycles. The molecule has 438 valence electrons. The minimum atomic E-state index is -0.671. The number of hydrogen-bond donors (Lipinski definition) is 3. The van der Waals surface area contributed by atoms with Crippen LogP contribution in [-0.2, 0) is 14.3 Å². The third kappa shape index (κ3) is 59.6. The van der Waals surface area contributed by atoms with E-state index < -0.39 is 12.1 Å². The summed E-state index contributed by atoms with van der Waals surface area (Å²) in [5.74, 6) is -0.0425. The zero-order valence-corrected chi connectivity index (χ0v) is 50.1. The van der Waals surface area contributed by atoms with Gasteiger partial charge < -0.3 is 20.3 Å². The van der Waals surface area contributed by atoms with Crippen molar-refractivity contribution in [3.8, 4) is 0 Å². The second-order valence-electron chi connectivity index (χ2n) is 23.1. The molecule has 0 aliphatic rings. The first kappa shape index (κ1) is 72.3. The molecule has 0 spiro atoms. The fraction of sp³-hybridized carbons (Fsp3) is 0.912. The number of nitrogens with one attached hydrogen (secondary N) is 1. The molecule has 0 aromatic heterocycles. The topological polar surface area (TPSA) is 95.9 Å². The van der Waals surface area contributed by atoms with Crippen molar-refractivity contribution in [3.63, 3.8) is 0 Å². The van der Waals surface area contributed by atoms with Gasteiger partial charge in [0.1, 0.15) is 0 Å². The largest absolute Gasteiger partial charge is 0.466 e. The summed E-state index contributed by atoms with van der Waals surface area (Å²) in [5.41, 5.74) is 0. The van der Waals surface area contributed by atoms with Crippen molar-refractivity contribution in [2.75, 3.05) is 13.2 Å². The lowest BCUT2D eigenvalue weighted by atomic mass is 10.0. The smallest absolute Gasteiger partial charge is 0.305 e. The molecule has 0 aromatic rings. The average molecular weight is 1040 g/mol. The number of aliphatic hydroxyl groups is 2. The maximum Gasteiger partial charge on any atom is 0.305 e. The van der Waals surface area contributed by atoms with Crippen LogP contribution in [0.1, 0.15) is 373 Å². The van der Waals surface area contributed by atoms with Crippen LogP contribution in [-0.4, -0.2) is 47.4 Å². The molecule has 0 rings (SSSR count). The Hall–Kier alpha value is -1.66. The quantitative estimate of drug-likeness (QED) is 0.0320. The number of hydrogen-bond acceptors (Lipinski definition) is 5. The molecular weight excluding hydrogens is 911 g/mol. The van der Waals surface area contributed by atoms with E-state index in [0.717, 1.165) is 44.9 Å². The first-order valence-electron chi connectivity index (χ1n) is 33.6. The molecule has 0 aromatic carbocycles. The molecule has 0 aliphatic heterocycles. The fourth-order valence-electron chi connectivity index (χ4n) is 10.6. The van der Waals surface area contributed by atoms with Gasteiger partial charge in [0.05, 0.1) is 25.4 Å². The second kappa shape index (κ2) is 63.9. The monoisotopic (exact) mass is 1040 g/mol. The third-order valence-electron chi connectivity index (χ3n) is 15.7. The molecule has 0 bridgehead atoms. The molecule has 6 nitrogen and oxygen atoms in total. The lowest BCUT2D eigenvalue weighted by molar-refractivity contribution is -0.143. The molecule has 0 saturated carbocycles. The van der Waals surface area contributed by atoms with Crippen LogP contribution in [0.25, 0.3) is 0 Å². The molecular formula is C68H131NO5. The van der Waals surface area contributed by atoms with Crippen LogP contribution in [0.3, 0.4) is 0 Å². The van der Waals surface area contributed by atoms with E-state index in [9.17, 15) is 19.8 Å². The first-order valence-corrected chi connectivity index (χ1v) is 33.6. The van der Waals surface area contributed by atoms with E-state index in [2.05, 4.69) is 43.5 Å². The number of rotatable bonds is 63. The molecule has 0 saturated heterocycles. The Labute approximate surface area is 462 Å². The average Bonchev–Trinajstić information content (AvgIpc) is 3.40. The van der Waals surface area contributed by atoms with Crippen LogP contribution in [0.4, 0.5) is 0 Å². The molecule has 0 radical (unpaired) electrons. The maximum absolute atomic E-state index is 12.5. The molecule has 0 fully saturated rings. The summed E-state index contributed by atoms with van der Waals surface area (Å²) in [4.78, 5) is 24.6. The molecule has 2 atom stereocenters. The Bertz CT molecular complexity index is 1150. The Kier molecular flexibility index (Phi) is 62.4. The van der Waals surface area contributed by atoms with E-state index in [1.54, 1.807) is 0 Å². The van der Waals surface area contributed by atoms with Gasteiger partial charge >= 0.3 is 5.97 Å². The SMILES string of the molecule is CCCCC/C=C\CCCCCCCC(=O)OCCCCCCCCCCC/C=C\CCCCCCCCCC(=O)NC(CO)C(O)CCCCCCCCCCCCCCCCCCCCCCCCCCC. The van der Waals surface area contributed by atoms with Gasteiger partial charge in [-0.1, -0.05) is 308 Å². The summed E-state index contributed by atoms with van der Waals surface area (Å²) < 4.78 is 5.46. The van der Waals surface area contributed by atoms with Gasteiger partial charge in [0.15, 0.2) is 0 Å². The van der Waals surface area contributed by atoms with Crippen LogP contribution in [0, 0.1) is 0 Å². The van der Waals surface area contributed by atoms with Crippen molar-refractivity contribution < 1.29 is 24.5 Å². The van der Waals surface area contributed by atoms with E-state index in [1.807, 2.05) is 0 Å². The Morgan fingerprint density at radius 1 is 0.365 bits per heavy atom. The highest BCUT2D eigenvalue weighted by atomic mass is 16.5. The zero-order valence-electron chi connectivity index (χ0n) is 50.1. The number of carbonyl (C=O) groups is 2. The number of ether oxygens (including phenoxy) is 1. The lowest BCUT2D eigenvalue weighted by Crippen LogP contribution is -2.45. The summed E-state index contributed by atoms with van der Waals surface area (Å²) >= 11 is 0. The van der Waals surface area contributed by atoms with E-state index in [0.29, 0.717) is 25.9 Å². The highest BCUT2D eigenvalue weighted by Gasteiger charge is 2.20. The second-order valence-corrected chi connectivity index (χ2v) is 23.1. The van der Waals surface area contributed by atoms with Gasteiger partial charge in [-0.15, -0.1) is 0 Å². The van der Waals surface area contributed by atoms with E-state index in [1.165, 1.54) is 295 Å². The highest BCUT2D eigenvalue weighted by molar-refractivity contribution is 5.76. The van der Waals surface area contributed by atoms with Crippen LogP contribution in [0.2, 0.25) is 0 Å². The number of unbranched alkanes of at least 4 members (excludes halogenated alkanes) is 48. The van der Waals surface area contributed by atoms with E-state index in [-0.39, 0.29) is 18.5 Å². The van der Waals surface area contributed by atoms with E-state index >= 15 is 0 Å². The standard InChI is InChI=1S/C68H131NO5/c1-3-5-7-9-11-13-15-17-18-19-20-21-22-23-24-25-28-31-34-37-40-44-48-52-56-60-66(71)65(64-70)69-67(72)61-57-53-49-45-41-38-35-32-29-26-27-30-33-36-39-43-47-51-55-59-63-74-68(73)62-58-54-50-46-42-16-14-12-10-8-6-4-2/h12,14,26,29,65-66,70-71H,3-11,13,15-25,27-28,30-64H2,1-2H3,(H,69,72)/b14-12-,29-26-. The van der Waals surface area contributed by atoms with Crippen molar-refractivity contribution in [3.05, 3.63) is 24.3 Å². The summed E-state index contributed by atoms with van der Waals surface area (Å²) in [5, 5.41) is 23.4. The Morgan fingerprint density at radius 2 is 0.635 bits per heavy atom. The van der Waals surface area contributed by atoms with Crippen LogP contribution >= 0.6 is 0 Å². The number of allylic oxidation sites excluding steroid dienone is 4. The Balaban J connectivity index is 3.43. The number of amides is 1. The Morgan fingerprint density at radius 3 is 0.986 bits per heavy atom. The molecule has 2 unspecified atom stereocenters. The predicted molar refractivity (Wildman–Crippen MR) is 324 cm³/mol. The van der Waals surface area contributed by atoms with Crippen molar-refractivity contribution >= 4 is 11.9 Å². The van der Waals surface area contributed by atoms with Gasteiger partial charge in [0, 0.05) is 12.8 Å². The van der Waals surface area contributed by atoms with Gasteiger partial charge in [0.25, 0.3) is 0 Å². The minimum absolute atomic E-state index is 0.00306. The molecule has 3 N–H and O–H groups in total. The first-order chi connectivity index (χ1) is 36.5.